The molecule has 4 aromatic carbocycles. The molecule has 0 spiro atoms. The Kier molecular flexibility index (Phi) is 6.05. The smallest absolute Gasteiger partial charge is 0.104 e. The monoisotopic (exact) mass is 411 g/mol. The van der Waals surface area contributed by atoms with Crippen LogP contribution in [0.5, 0.6) is 0 Å². The lowest BCUT2D eigenvalue weighted by atomic mass is 10.3. The van der Waals surface area contributed by atoms with E-state index in [1.54, 1.807) is 0 Å². The fourth-order valence-corrected chi connectivity index (χ4v) is 7.81. The minimum Gasteiger partial charge on any atom is -0.347 e. The molecular weight excluding hydrogens is 389 g/mol. The van der Waals surface area contributed by atoms with Crippen molar-refractivity contribution in [3.8, 4) is 0 Å². The summed E-state index contributed by atoms with van der Waals surface area (Å²) in [4.78, 5) is 0.737. The molecule has 0 amide bonds. The van der Waals surface area contributed by atoms with Crippen molar-refractivity contribution in [3.63, 3.8) is 0 Å². The molecule has 29 heavy (non-hydrogen) atoms. The largest absolute Gasteiger partial charge is 0.347 e. The van der Waals surface area contributed by atoms with E-state index in [4.69, 9.17) is 12.2 Å². The van der Waals surface area contributed by atoms with Gasteiger partial charge in [-0.25, -0.2) is 0 Å². The quantitative estimate of drug-likeness (QED) is 0.357. The van der Waals surface area contributed by atoms with E-state index in [0.29, 0.717) is 0 Å². The molecule has 4 aromatic rings. The van der Waals surface area contributed by atoms with Gasteiger partial charge in [-0.05, 0) is 40.7 Å². The van der Waals surface area contributed by atoms with E-state index in [1.807, 2.05) is 30.3 Å². The molecule has 0 aromatic heterocycles. The van der Waals surface area contributed by atoms with E-state index in [9.17, 15) is 0 Å². The summed E-state index contributed by atoms with van der Waals surface area (Å²) in [5, 5.41) is 7.27. The highest BCUT2D eigenvalue weighted by Gasteiger charge is 2.25. The summed E-state index contributed by atoms with van der Waals surface area (Å²) in [5.41, 5.74) is 1.00. The van der Waals surface area contributed by atoms with Crippen LogP contribution >= 0.6 is 19.1 Å². The number of hydrogen-bond acceptors (Lipinski definition) is 1. The van der Waals surface area contributed by atoms with Gasteiger partial charge in [0.25, 0.3) is 0 Å². The minimum absolute atomic E-state index is 0.737. The highest BCUT2D eigenvalue weighted by Crippen LogP contribution is 2.43. The molecular formula is C26H22NPS. The van der Waals surface area contributed by atoms with Crippen molar-refractivity contribution in [1.82, 2.24) is 0 Å². The third kappa shape index (κ3) is 4.24. The first-order valence-corrected chi connectivity index (χ1v) is 11.8. The van der Waals surface area contributed by atoms with E-state index in [-0.39, 0.29) is 0 Å². The number of benzene rings is 4. The van der Waals surface area contributed by atoms with E-state index < -0.39 is 6.89 Å². The average molecular weight is 412 g/mol. The number of rotatable bonds is 5. The van der Waals surface area contributed by atoms with Gasteiger partial charge in [0.2, 0.25) is 0 Å². The molecule has 1 N–H and O–H groups in total. The molecule has 0 saturated carbocycles. The molecule has 142 valence electrons. The second-order valence-electron chi connectivity index (χ2n) is 6.71. The van der Waals surface area contributed by atoms with Crippen LogP contribution in [0.4, 0.5) is 5.69 Å². The van der Waals surface area contributed by atoms with Gasteiger partial charge < -0.3 is 5.32 Å². The normalized spacial score (nSPS) is 10.9. The first-order chi connectivity index (χ1) is 14.3. The van der Waals surface area contributed by atoms with E-state index in [0.717, 1.165) is 10.7 Å². The molecule has 0 fully saturated rings. The Morgan fingerprint density at radius 2 is 0.897 bits per heavy atom. The average Bonchev–Trinajstić information content (AvgIpc) is 2.80. The predicted octanol–water partition coefficient (Wildman–Crippen LogP) is 5.22. The summed E-state index contributed by atoms with van der Waals surface area (Å²) >= 11 is 5.85. The number of hydrogen-bond donors (Lipinski definition) is 1. The summed E-state index contributed by atoms with van der Waals surface area (Å²) in [6.07, 6.45) is 0. The van der Waals surface area contributed by atoms with Crippen molar-refractivity contribution < 1.29 is 0 Å². The minimum atomic E-state index is -2.08. The predicted molar refractivity (Wildman–Crippen MR) is 134 cm³/mol. The van der Waals surface area contributed by atoms with Gasteiger partial charge in [-0.2, -0.15) is 0 Å². The number of anilines is 1. The highest BCUT2D eigenvalue weighted by molar-refractivity contribution is 7.97. The molecule has 0 heterocycles. The molecule has 0 saturated heterocycles. The maximum Gasteiger partial charge on any atom is 0.104 e. The van der Waals surface area contributed by atoms with Crippen LogP contribution in [0.1, 0.15) is 0 Å². The number of thiocarbonyl (C=S) groups is 1. The Hall–Kier alpha value is -2.93. The van der Waals surface area contributed by atoms with Gasteiger partial charge in [-0.1, -0.05) is 121 Å². The van der Waals surface area contributed by atoms with Crippen molar-refractivity contribution in [2.45, 2.75) is 0 Å². The van der Waals surface area contributed by atoms with Crippen LogP contribution in [-0.4, -0.2) is 10.8 Å². The number of para-hydroxylation sites is 1. The van der Waals surface area contributed by atoms with Crippen LogP contribution in [0.2, 0.25) is 0 Å². The first-order valence-electron chi connectivity index (χ1n) is 9.56. The zero-order valence-electron chi connectivity index (χ0n) is 16.0. The van der Waals surface area contributed by atoms with Crippen LogP contribution in [0.15, 0.2) is 121 Å². The third-order valence-electron chi connectivity index (χ3n) is 4.84. The van der Waals surface area contributed by atoms with E-state index in [1.165, 1.54) is 15.9 Å². The van der Waals surface area contributed by atoms with Gasteiger partial charge >= 0.3 is 0 Å². The van der Waals surface area contributed by atoms with Crippen molar-refractivity contribution >= 4 is 51.5 Å². The Morgan fingerprint density at radius 1 is 0.552 bits per heavy atom. The third-order valence-corrected chi connectivity index (χ3v) is 9.22. The van der Waals surface area contributed by atoms with Gasteiger partial charge in [0.1, 0.15) is 4.99 Å². The zero-order valence-corrected chi connectivity index (χ0v) is 17.7. The first kappa shape index (κ1) is 19.4. The van der Waals surface area contributed by atoms with Crippen molar-refractivity contribution in [2.75, 3.05) is 5.32 Å². The molecule has 0 aliphatic carbocycles. The van der Waals surface area contributed by atoms with Crippen molar-refractivity contribution in [3.05, 3.63) is 121 Å². The Labute approximate surface area is 178 Å². The zero-order chi connectivity index (χ0) is 19.9. The van der Waals surface area contributed by atoms with Gasteiger partial charge in [-0.3, -0.25) is 0 Å². The lowest BCUT2D eigenvalue weighted by Gasteiger charge is -2.29. The Morgan fingerprint density at radius 3 is 1.28 bits per heavy atom. The second kappa shape index (κ2) is 9.05. The van der Waals surface area contributed by atoms with Crippen LogP contribution in [0.25, 0.3) is 0 Å². The summed E-state index contributed by atoms with van der Waals surface area (Å²) in [7, 11) is 0. The molecule has 0 unspecified atom stereocenters. The van der Waals surface area contributed by atoms with Gasteiger partial charge in [0, 0.05) is 5.69 Å². The molecule has 0 aliphatic heterocycles. The Bertz CT molecular complexity index is 1020. The molecule has 0 bridgehead atoms. The molecule has 4 rings (SSSR count). The highest BCUT2D eigenvalue weighted by atomic mass is 32.1. The molecule has 0 radical (unpaired) electrons. The standard InChI is InChI=1S/C26H22NPS/c29-26(27-22-13-5-1-6-14-22)21-28(23-15-7-2-8-16-23,24-17-9-3-10-18-24)25-19-11-4-12-20-25/h1-21H,(H,27,29). The van der Waals surface area contributed by atoms with Crippen LogP contribution in [0, 0.1) is 0 Å². The maximum absolute atomic E-state index is 5.85. The van der Waals surface area contributed by atoms with E-state index >= 15 is 0 Å². The van der Waals surface area contributed by atoms with Crippen molar-refractivity contribution in [2.24, 2.45) is 0 Å². The maximum atomic E-state index is 5.85. The summed E-state index contributed by atoms with van der Waals surface area (Å²) in [6, 6.07) is 42.3. The van der Waals surface area contributed by atoms with E-state index in [2.05, 4.69) is 102 Å². The summed E-state index contributed by atoms with van der Waals surface area (Å²) in [6.45, 7) is -2.08. The lowest BCUT2D eigenvalue weighted by molar-refractivity contribution is 1.66. The topological polar surface area (TPSA) is 12.0 Å². The van der Waals surface area contributed by atoms with Gasteiger partial charge in [0.05, 0.1) is 0 Å². The lowest BCUT2D eigenvalue weighted by Crippen LogP contribution is -2.29. The van der Waals surface area contributed by atoms with Gasteiger partial charge in [-0.15, -0.1) is 0 Å². The molecule has 0 atom stereocenters. The van der Waals surface area contributed by atoms with Crippen LogP contribution in [0.3, 0.4) is 0 Å². The summed E-state index contributed by atoms with van der Waals surface area (Å²) < 4.78 is 0. The fraction of sp³-hybridized carbons (Fsp3) is 0. The molecule has 0 aliphatic rings. The van der Waals surface area contributed by atoms with Crippen LogP contribution in [-0.2, 0) is 0 Å². The Balaban J connectivity index is 1.96. The molecule has 3 heteroatoms. The number of nitrogens with one attached hydrogen (secondary N) is 1. The summed E-state index contributed by atoms with van der Waals surface area (Å²) in [5.74, 6) is 2.27. The van der Waals surface area contributed by atoms with Crippen LogP contribution < -0.4 is 21.2 Å². The molecule has 1 nitrogen and oxygen atoms in total. The fourth-order valence-electron chi connectivity index (χ4n) is 3.53. The van der Waals surface area contributed by atoms with Gasteiger partial charge in [0.15, 0.2) is 0 Å². The SMILES string of the molecule is S=C(C=P(c1ccccc1)(c1ccccc1)c1ccccc1)Nc1ccccc1. The van der Waals surface area contributed by atoms with Crippen molar-refractivity contribution in [1.29, 1.82) is 0 Å². The second-order valence-corrected chi connectivity index (χ2v) is 10.4.